The van der Waals surface area contributed by atoms with Gasteiger partial charge in [-0.3, -0.25) is 13.9 Å². The molecule has 0 N–H and O–H groups in total. The maximum absolute atomic E-state index is 12.4. The van der Waals surface area contributed by atoms with Crippen LogP contribution in [0.3, 0.4) is 0 Å². The number of hydrogen-bond acceptors (Lipinski definition) is 4. The first kappa shape index (κ1) is 19.5. The zero-order chi connectivity index (χ0) is 19.4. The summed E-state index contributed by atoms with van der Waals surface area (Å²) in [5.41, 5.74) is 1.64. The van der Waals surface area contributed by atoms with Gasteiger partial charge in [-0.05, 0) is 37.7 Å². The quantitative estimate of drug-likeness (QED) is 0.441. The Morgan fingerprint density at radius 3 is 2.41 bits per heavy atom. The lowest BCUT2D eigenvalue weighted by molar-refractivity contribution is 0.590. The molecule has 1 aromatic carbocycles. The monoisotopic (exact) mass is 386 g/mol. The van der Waals surface area contributed by atoms with Crippen LogP contribution in [0.2, 0.25) is 0 Å². The molecular weight excluding hydrogens is 360 g/mol. The number of aromatic nitrogens is 4. The Hall–Kier alpha value is -2.28. The summed E-state index contributed by atoms with van der Waals surface area (Å²) in [6, 6.07) is 8.66. The van der Waals surface area contributed by atoms with Gasteiger partial charge in [-0.25, -0.2) is 9.78 Å². The Balaban J connectivity index is 1.48. The molecule has 6 nitrogen and oxygen atoms in total. The second-order valence-corrected chi connectivity index (χ2v) is 8.06. The molecule has 0 aliphatic heterocycles. The molecule has 2 aromatic heterocycles. The summed E-state index contributed by atoms with van der Waals surface area (Å²) < 4.78 is 4.44. The maximum Gasteiger partial charge on any atom is 0.332 e. The molecule has 0 fully saturated rings. The minimum absolute atomic E-state index is 0.278. The molecule has 27 heavy (non-hydrogen) atoms. The standard InChI is InChI=1S/C20H26N4O2S/c1-15-8-10-16(11-9-15)27-13-7-5-4-6-12-24-14-21-18-17(24)19(25)23(3)20(26)22(18)2/h8-11,14H,4-7,12-13H2,1-3H3. The fraction of sp³-hybridized carbons (Fsp3) is 0.450. The molecule has 0 radical (unpaired) electrons. The van der Waals surface area contributed by atoms with E-state index in [0.717, 1.165) is 29.7 Å². The second-order valence-electron chi connectivity index (χ2n) is 6.89. The average molecular weight is 387 g/mol. The normalized spacial score (nSPS) is 11.4. The van der Waals surface area contributed by atoms with E-state index in [2.05, 4.69) is 36.2 Å². The van der Waals surface area contributed by atoms with Gasteiger partial charge in [0, 0.05) is 25.5 Å². The Kier molecular flexibility index (Phi) is 6.21. The van der Waals surface area contributed by atoms with Gasteiger partial charge in [-0.15, -0.1) is 11.8 Å². The maximum atomic E-state index is 12.4. The van der Waals surface area contributed by atoms with E-state index in [1.54, 1.807) is 13.4 Å². The number of hydrogen-bond donors (Lipinski definition) is 0. The third kappa shape index (κ3) is 4.35. The lowest BCUT2D eigenvalue weighted by Crippen LogP contribution is -2.37. The number of aryl methyl sites for hydroxylation is 3. The van der Waals surface area contributed by atoms with Crippen LogP contribution in [0.1, 0.15) is 31.2 Å². The molecule has 0 atom stereocenters. The predicted molar refractivity (Wildman–Crippen MR) is 111 cm³/mol. The summed E-state index contributed by atoms with van der Waals surface area (Å²) in [6.07, 6.45) is 6.12. The van der Waals surface area contributed by atoms with Crippen LogP contribution in [-0.4, -0.2) is 24.4 Å². The van der Waals surface area contributed by atoms with E-state index >= 15 is 0 Å². The fourth-order valence-electron chi connectivity index (χ4n) is 3.13. The van der Waals surface area contributed by atoms with Crippen molar-refractivity contribution < 1.29 is 0 Å². The van der Waals surface area contributed by atoms with E-state index in [9.17, 15) is 9.59 Å². The molecule has 0 aliphatic rings. The zero-order valence-electron chi connectivity index (χ0n) is 16.1. The van der Waals surface area contributed by atoms with Crippen molar-refractivity contribution in [3.63, 3.8) is 0 Å². The molecule has 0 amide bonds. The van der Waals surface area contributed by atoms with Crippen molar-refractivity contribution in [1.82, 2.24) is 18.7 Å². The van der Waals surface area contributed by atoms with Crippen molar-refractivity contribution in [2.45, 2.75) is 44.0 Å². The highest BCUT2D eigenvalue weighted by Gasteiger charge is 2.13. The fourth-order valence-corrected chi connectivity index (χ4v) is 4.04. The first-order valence-corrected chi connectivity index (χ1v) is 10.3. The van der Waals surface area contributed by atoms with Gasteiger partial charge in [-0.1, -0.05) is 30.5 Å². The third-order valence-corrected chi connectivity index (χ3v) is 5.90. The first-order chi connectivity index (χ1) is 13.0. The second kappa shape index (κ2) is 8.61. The molecule has 144 valence electrons. The van der Waals surface area contributed by atoms with Crippen LogP contribution in [0.25, 0.3) is 11.2 Å². The highest BCUT2D eigenvalue weighted by molar-refractivity contribution is 7.99. The van der Waals surface area contributed by atoms with Gasteiger partial charge < -0.3 is 4.57 Å². The van der Waals surface area contributed by atoms with Gasteiger partial charge in [0.2, 0.25) is 0 Å². The summed E-state index contributed by atoms with van der Waals surface area (Å²) in [7, 11) is 3.15. The smallest absolute Gasteiger partial charge is 0.325 e. The number of benzene rings is 1. The van der Waals surface area contributed by atoms with Gasteiger partial charge in [0.05, 0.1) is 6.33 Å². The van der Waals surface area contributed by atoms with Crippen LogP contribution < -0.4 is 11.2 Å². The number of rotatable bonds is 8. The average Bonchev–Trinajstić information content (AvgIpc) is 3.09. The SMILES string of the molecule is Cc1ccc(SCCCCCCn2cnc3c2c(=O)n(C)c(=O)n3C)cc1. The van der Waals surface area contributed by atoms with E-state index in [0.29, 0.717) is 11.2 Å². The van der Waals surface area contributed by atoms with Gasteiger partial charge in [0.1, 0.15) is 0 Å². The topological polar surface area (TPSA) is 61.8 Å². The van der Waals surface area contributed by atoms with Crippen molar-refractivity contribution in [2.75, 3.05) is 5.75 Å². The van der Waals surface area contributed by atoms with Crippen LogP contribution in [0.4, 0.5) is 0 Å². The summed E-state index contributed by atoms with van der Waals surface area (Å²) >= 11 is 1.90. The summed E-state index contributed by atoms with van der Waals surface area (Å²) in [4.78, 5) is 30.0. The largest absolute Gasteiger partial charge is 0.332 e. The van der Waals surface area contributed by atoms with Crippen LogP contribution in [0.5, 0.6) is 0 Å². The van der Waals surface area contributed by atoms with Crippen molar-refractivity contribution >= 4 is 22.9 Å². The summed E-state index contributed by atoms with van der Waals surface area (Å²) in [5.74, 6) is 1.12. The van der Waals surface area contributed by atoms with Crippen molar-refractivity contribution in [3.8, 4) is 0 Å². The minimum Gasteiger partial charge on any atom is -0.325 e. The highest BCUT2D eigenvalue weighted by Crippen LogP contribution is 2.20. The Morgan fingerprint density at radius 1 is 0.963 bits per heavy atom. The predicted octanol–water partition coefficient (Wildman–Crippen LogP) is 3.09. The summed E-state index contributed by atoms with van der Waals surface area (Å²) in [6.45, 7) is 2.85. The van der Waals surface area contributed by atoms with Gasteiger partial charge in [-0.2, -0.15) is 0 Å². The van der Waals surface area contributed by atoms with Crippen LogP contribution >= 0.6 is 11.8 Å². The van der Waals surface area contributed by atoms with E-state index in [1.807, 2.05) is 16.3 Å². The number of thioether (sulfide) groups is 1. The Labute approximate surface area is 162 Å². The van der Waals surface area contributed by atoms with Crippen molar-refractivity contribution in [2.24, 2.45) is 14.1 Å². The highest BCUT2D eigenvalue weighted by atomic mass is 32.2. The molecule has 0 aliphatic carbocycles. The Morgan fingerprint density at radius 2 is 1.67 bits per heavy atom. The minimum atomic E-state index is -0.344. The van der Waals surface area contributed by atoms with Crippen LogP contribution in [0, 0.1) is 6.92 Å². The third-order valence-electron chi connectivity index (χ3n) is 4.80. The molecule has 7 heteroatoms. The molecule has 3 aromatic rings. The summed E-state index contributed by atoms with van der Waals surface area (Å²) in [5, 5.41) is 0. The molecule has 3 rings (SSSR count). The van der Waals surface area contributed by atoms with Crippen molar-refractivity contribution in [3.05, 3.63) is 57.0 Å². The number of imidazole rings is 1. The molecule has 0 spiro atoms. The molecular formula is C20H26N4O2S. The Bertz CT molecular complexity index is 1030. The molecule has 2 heterocycles. The van der Waals surface area contributed by atoms with E-state index in [1.165, 1.54) is 34.9 Å². The molecule has 0 unspecified atom stereocenters. The number of nitrogens with zero attached hydrogens (tertiary/aromatic N) is 4. The van der Waals surface area contributed by atoms with E-state index < -0.39 is 0 Å². The molecule has 0 saturated heterocycles. The van der Waals surface area contributed by atoms with E-state index in [-0.39, 0.29) is 11.2 Å². The van der Waals surface area contributed by atoms with Crippen molar-refractivity contribution in [1.29, 1.82) is 0 Å². The van der Waals surface area contributed by atoms with Crippen LogP contribution in [-0.2, 0) is 20.6 Å². The van der Waals surface area contributed by atoms with Gasteiger partial charge in [0.25, 0.3) is 5.56 Å². The lowest BCUT2D eigenvalue weighted by atomic mass is 10.2. The molecule has 0 bridgehead atoms. The molecule has 0 saturated carbocycles. The number of unbranched alkanes of at least 4 members (excludes halogenated alkanes) is 3. The number of fused-ring (bicyclic) bond motifs is 1. The van der Waals surface area contributed by atoms with Gasteiger partial charge in [0.15, 0.2) is 11.2 Å². The van der Waals surface area contributed by atoms with Gasteiger partial charge >= 0.3 is 5.69 Å². The zero-order valence-corrected chi connectivity index (χ0v) is 17.0. The van der Waals surface area contributed by atoms with Crippen LogP contribution in [0.15, 0.2) is 45.1 Å². The van der Waals surface area contributed by atoms with E-state index in [4.69, 9.17) is 0 Å². The lowest BCUT2D eigenvalue weighted by Gasteiger charge is -2.07. The first-order valence-electron chi connectivity index (χ1n) is 9.29.